The summed E-state index contributed by atoms with van der Waals surface area (Å²) in [6.45, 7) is 1.79. The van der Waals surface area contributed by atoms with Gasteiger partial charge in [0.2, 0.25) is 5.91 Å². The highest BCUT2D eigenvalue weighted by Gasteiger charge is 2.15. The number of pyridine rings is 2. The minimum Gasteiger partial charge on any atom is -0.366 e. The van der Waals surface area contributed by atoms with Crippen molar-refractivity contribution in [3.63, 3.8) is 0 Å². The molecule has 0 saturated heterocycles. The van der Waals surface area contributed by atoms with Crippen molar-refractivity contribution < 1.29 is 9.59 Å². The molecule has 3 rings (SSSR count). The van der Waals surface area contributed by atoms with E-state index >= 15 is 0 Å². The highest BCUT2D eigenvalue weighted by molar-refractivity contribution is 6.34. The van der Waals surface area contributed by atoms with E-state index in [4.69, 9.17) is 17.3 Å². The number of hydrogen-bond donors (Lipinski definition) is 3. The average Bonchev–Trinajstić information content (AvgIpc) is 2.55. The minimum absolute atomic E-state index is 0.00283. The molecule has 0 saturated carbocycles. The predicted octanol–water partition coefficient (Wildman–Crippen LogP) is 2.24. The minimum atomic E-state index is -0.689. The number of H-pyrrole nitrogens is 1. The summed E-state index contributed by atoms with van der Waals surface area (Å²) in [6.07, 6.45) is 1.18. The number of aryl methyl sites for hydroxylation is 1. The van der Waals surface area contributed by atoms with Crippen LogP contribution in [0.1, 0.15) is 26.5 Å². The fourth-order valence-corrected chi connectivity index (χ4v) is 2.64. The number of aromatic amines is 1. The van der Waals surface area contributed by atoms with E-state index in [1.165, 1.54) is 18.3 Å². The van der Waals surface area contributed by atoms with Gasteiger partial charge in [-0.05, 0) is 31.2 Å². The van der Waals surface area contributed by atoms with Crippen LogP contribution < -0.4 is 16.5 Å². The van der Waals surface area contributed by atoms with E-state index in [0.29, 0.717) is 16.6 Å². The van der Waals surface area contributed by atoms with Crippen LogP contribution in [0.2, 0.25) is 5.02 Å². The van der Waals surface area contributed by atoms with E-state index in [-0.39, 0.29) is 21.7 Å². The Morgan fingerprint density at radius 3 is 2.68 bits per heavy atom. The second-order valence-corrected chi connectivity index (χ2v) is 5.86. The Bertz CT molecular complexity index is 1080. The lowest BCUT2D eigenvalue weighted by atomic mass is 10.1. The van der Waals surface area contributed by atoms with Gasteiger partial charge in [-0.3, -0.25) is 14.4 Å². The molecule has 0 aliphatic carbocycles. The highest BCUT2D eigenvalue weighted by atomic mass is 35.5. The van der Waals surface area contributed by atoms with E-state index < -0.39 is 11.8 Å². The Kier molecular flexibility index (Phi) is 4.24. The monoisotopic (exact) mass is 356 g/mol. The normalized spacial score (nSPS) is 10.6. The molecule has 126 valence electrons. The summed E-state index contributed by atoms with van der Waals surface area (Å²) < 4.78 is 0. The Labute approximate surface area is 146 Å². The first-order chi connectivity index (χ1) is 11.8. The second kappa shape index (κ2) is 6.37. The van der Waals surface area contributed by atoms with Gasteiger partial charge in [0.05, 0.1) is 10.6 Å². The van der Waals surface area contributed by atoms with Crippen molar-refractivity contribution in [2.45, 2.75) is 6.92 Å². The standard InChI is InChI=1S/C17H13ClN4O3/c1-8-4-14(23)11-6-10(2-3-13(11)21-8)22-17(25)15-12(18)5-9(7-20-15)16(19)24/h2-7H,1H3,(H2,19,24)(H,21,23)(H,22,25). The van der Waals surface area contributed by atoms with Crippen LogP contribution in [0.25, 0.3) is 10.9 Å². The molecule has 1 aromatic carbocycles. The van der Waals surface area contributed by atoms with Crippen LogP contribution in [0.5, 0.6) is 0 Å². The van der Waals surface area contributed by atoms with Gasteiger partial charge in [-0.2, -0.15) is 0 Å². The molecule has 0 atom stereocenters. The van der Waals surface area contributed by atoms with Crippen molar-refractivity contribution in [1.82, 2.24) is 9.97 Å². The highest BCUT2D eigenvalue weighted by Crippen LogP contribution is 2.19. The van der Waals surface area contributed by atoms with Crippen molar-refractivity contribution in [3.8, 4) is 0 Å². The quantitative estimate of drug-likeness (QED) is 0.666. The first kappa shape index (κ1) is 16.7. The molecule has 2 amide bonds. The molecule has 0 unspecified atom stereocenters. The third-order valence-electron chi connectivity index (χ3n) is 3.56. The van der Waals surface area contributed by atoms with Gasteiger partial charge in [-0.25, -0.2) is 4.98 Å². The molecule has 7 nitrogen and oxygen atoms in total. The fourth-order valence-electron chi connectivity index (χ4n) is 2.39. The van der Waals surface area contributed by atoms with Gasteiger partial charge in [0, 0.05) is 34.5 Å². The number of amides is 2. The van der Waals surface area contributed by atoms with Crippen LogP contribution >= 0.6 is 11.6 Å². The van der Waals surface area contributed by atoms with Crippen LogP contribution in [0.4, 0.5) is 5.69 Å². The van der Waals surface area contributed by atoms with Gasteiger partial charge >= 0.3 is 0 Å². The molecular weight excluding hydrogens is 344 g/mol. The number of carbonyl (C=O) groups is 2. The van der Waals surface area contributed by atoms with Crippen molar-refractivity contribution in [2.24, 2.45) is 5.73 Å². The number of anilines is 1. The lowest BCUT2D eigenvalue weighted by Gasteiger charge is -2.08. The van der Waals surface area contributed by atoms with Gasteiger partial charge in [-0.1, -0.05) is 11.6 Å². The SMILES string of the molecule is Cc1cc(=O)c2cc(NC(=O)c3ncc(C(N)=O)cc3Cl)ccc2[nH]1. The molecule has 25 heavy (non-hydrogen) atoms. The number of rotatable bonds is 3. The number of nitrogens with two attached hydrogens (primary N) is 1. The summed E-state index contributed by atoms with van der Waals surface area (Å²) in [5.74, 6) is -1.26. The van der Waals surface area contributed by atoms with E-state index in [0.717, 1.165) is 5.69 Å². The summed E-state index contributed by atoms with van der Waals surface area (Å²) >= 11 is 5.99. The first-order valence-electron chi connectivity index (χ1n) is 7.25. The number of carbonyl (C=O) groups excluding carboxylic acids is 2. The summed E-state index contributed by atoms with van der Waals surface area (Å²) in [6, 6.07) is 7.68. The van der Waals surface area contributed by atoms with Gasteiger partial charge in [0.15, 0.2) is 5.43 Å². The fraction of sp³-hybridized carbons (Fsp3) is 0.0588. The number of fused-ring (bicyclic) bond motifs is 1. The van der Waals surface area contributed by atoms with Crippen molar-refractivity contribution >= 4 is 40.0 Å². The predicted molar refractivity (Wildman–Crippen MR) is 95.0 cm³/mol. The number of aromatic nitrogens is 2. The molecule has 2 aromatic heterocycles. The van der Waals surface area contributed by atoms with Crippen LogP contribution in [0, 0.1) is 6.92 Å². The van der Waals surface area contributed by atoms with E-state index in [2.05, 4.69) is 15.3 Å². The maximum atomic E-state index is 12.3. The summed E-state index contributed by atoms with van der Waals surface area (Å²) in [5, 5.41) is 3.08. The van der Waals surface area contributed by atoms with Crippen LogP contribution in [0.15, 0.2) is 41.3 Å². The Morgan fingerprint density at radius 1 is 1.24 bits per heavy atom. The molecule has 0 spiro atoms. The molecule has 0 aliphatic rings. The van der Waals surface area contributed by atoms with Crippen LogP contribution in [-0.2, 0) is 0 Å². The Morgan fingerprint density at radius 2 is 2.00 bits per heavy atom. The number of nitrogens with zero attached hydrogens (tertiary/aromatic N) is 1. The molecule has 0 aliphatic heterocycles. The van der Waals surface area contributed by atoms with Gasteiger partial charge in [0.1, 0.15) is 5.69 Å². The maximum Gasteiger partial charge on any atom is 0.275 e. The van der Waals surface area contributed by atoms with Gasteiger partial charge < -0.3 is 16.0 Å². The molecule has 8 heteroatoms. The Hall–Kier alpha value is -3.19. The zero-order valence-corrected chi connectivity index (χ0v) is 13.8. The summed E-state index contributed by atoms with van der Waals surface area (Å²) in [4.78, 5) is 42.4. The third-order valence-corrected chi connectivity index (χ3v) is 3.85. The molecule has 0 radical (unpaired) electrons. The van der Waals surface area contributed by atoms with Crippen LogP contribution in [-0.4, -0.2) is 21.8 Å². The van der Waals surface area contributed by atoms with E-state index in [1.54, 1.807) is 25.1 Å². The largest absolute Gasteiger partial charge is 0.366 e. The van der Waals surface area contributed by atoms with Crippen LogP contribution in [0.3, 0.4) is 0 Å². The molecule has 4 N–H and O–H groups in total. The number of primary amides is 1. The summed E-state index contributed by atoms with van der Waals surface area (Å²) in [7, 11) is 0. The molecule has 0 bridgehead atoms. The zero-order chi connectivity index (χ0) is 18.1. The molecule has 2 heterocycles. The number of hydrogen-bond acceptors (Lipinski definition) is 4. The smallest absolute Gasteiger partial charge is 0.275 e. The summed E-state index contributed by atoms with van der Waals surface area (Å²) in [5.41, 5.74) is 6.89. The van der Waals surface area contributed by atoms with E-state index in [1.807, 2.05) is 0 Å². The van der Waals surface area contributed by atoms with Crippen molar-refractivity contribution in [2.75, 3.05) is 5.32 Å². The van der Waals surface area contributed by atoms with Crippen molar-refractivity contribution in [1.29, 1.82) is 0 Å². The zero-order valence-electron chi connectivity index (χ0n) is 13.1. The maximum absolute atomic E-state index is 12.3. The van der Waals surface area contributed by atoms with E-state index in [9.17, 15) is 14.4 Å². The van der Waals surface area contributed by atoms with Gasteiger partial charge in [0.25, 0.3) is 5.91 Å². The molecule has 3 aromatic rings. The number of nitrogens with one attached hydrogen (secondary N) is 2. The van der Waals surface area contributed by atoms with Crippen molar-refractivity contribution in [3.05, 3.63) is 68.7 Å². The average molecular weight is 357 g/mol. The van der Waals surface area contributed by atoms with Gasteiger partial charge in [-0.15, -0.1) is 0 Å². The molecule has 0 fully saturated rings. The number of benzene rings is 1. The third kappa shape index (κ3) is 3.36. The number of halogens is 1. The second-order valence-electron chi connectivity index (χ2n) is 5.45. The lowest BCUT2D eigenvalue weighted by molar-refractivity contribution is 0.0993. The Balaban J connectivity index is 1.92. The molecular formula is C17H13ClN4O3. The topological polar surface area (TPSA) is 118 Å². The lowest BCUT2D eigenvalue weighted by Crippen LogP contribution is -2.17. The first-order valence-corrected chi connectivity index (χ1v) is 7.63.